The van der Waals surface area contributed by atoms with Crippen molar-refractivity contribution in [3.63, 3.8) is 0 Å². The zero-order chi connectivity index (χ0) is 11.1. The number of benzene rings is 1. The number of rotatable bonds is 5. The SMILES string of the molecule is CCN(C)/C=C/CCc1ccccc1C. The second-order valence-corrected chi connectivity index (χ2v) is 3.92. The van der Waals surface area contributed by atoms with E-state index < -0.39 is 0 Å². The minimum absolute atomic E-state index is 1.07. The summed E-state index contributed by atoms with van der Waals surface area (Å²) in [5.74, 6) is 0. The van der Waals surface area contributed by atoms with E-state index in [0.29, 0.717) is 0 Å². The van der Waals surface area contributed by atoms with Crippen molar-refractivity contribution in [3.8, 4) is 0 Å². The fourth-order valence-corrected chi connectivity index (χ4v) is 1.49. The summed E-state index contributed by atoms with van der Waals surface area (Å²) in [6.07, 6.45) is 6.67. The van der Waals surface area contributed by atoms with Crippen LogP contribution in [0.2, 0.25) is 0 Å². The van der Waals surface area contributed by atoms with Crippen LogP contribution < -0.4 is 0 Å². The van der Waals surface area contributed by atoms with E-state index in [1.165, 1.54) is 11.1 Å². The Morgan fingerprint density at radius 1 is 1.27 bits per heavy atom. The Balaban J connectivity index is 2.38. The Morgan fingerprint density at radius 2 is 2.00 bits per heavy atom. The summed E-state index contributed by atoms with van der Waals surface area (Å²) in [6, 6.07) is 8.60. The maximum atomic E-state index is 2.25. The highest BCUT2D eigenvalue weighted by Gasteiger charge is 1.94. The quantitative estimate of drug-likeness (QED) is 0.709. The second kappa shape index (κ2) is 6.28. The zero-order valence-electron chi connectivity index (χ0n) is 10.0. The van der Waals surface area contributed by atoms with Gasteiger partial charge in [0, 0.05) is 13.6 Å². The predicted octanol–water partition coefficient (Wildman–Crippen LogP) is 3.39. The molecular formula is C14H21N. The van der Waals surface area contributed by atoms with Gasteiger partial charge in [-0.05, 0) is 44.0 Å². The third kappa shape index (κ3) is 4.20. The lowest BCUT2D eigenvalue weighted by Gasteiger charge is -2.09. The monoisotopic (exact) mass is 203 g/mol. The van der Waals surface area contributed by atoms with Crippen molar-refractivity contribution in [1.82, 2.24) is 4.90 Å². The lowest BCUT2D eigenvalue weighted by molar-refractivity contribution is 0.482. The van der Waals surface area contributed by atoms with Crippen molar-refractivity contribution in [2.75, 3.05) is 13.6 Å². The van der Waals surface area contributed by atoms with Crippen LogP contribution in [0.1, 0.15) is 24.5 Å². The van der Waals surface area contributed by atoms with Gasteiger partial charge in [0.2, 0.25) is 0 Å². The highest BCUT2D eigenvalue weighted by Crippen LogP contribution is 2.09. The molecule has 0 radical (unpaired) electrons. The van der Waals surface area contributed by atoms with Crippen molar-refractivity contribution in [1.29, 1.82) is 0 Å². The molecule has 1 rings (SSSR count). The van der Waals surface area contributed by atoms with E-state index in [4.69, 9.17) is 0 Å². The lowest BCUT2D eigenvalue weighted by Crippen LogP contribution is -2.08. The molecule has 1 aromatic rings. The summed E-state index contributed by atoms with van der Waals surface area (Å²) in [5.41, 5.74) is 2.86. The summed E-state index contributed by atoms with van der Waals surface area (Å²) in [6.45, 7) is 5.41. The third-order valence-electron chi connectivity index (χ3n) is 2.70. The van der Waals surface area contributed by atoms with Gasteiger partial charge in [0.05, 0.1) is 0 Å². The van der Waals surface area contributed by atoms with Gasteiger partial charge in [0.25, 0.3) is 0 Å². The van der Waals surface area contributed by atoms with E-state index in [9.17, 15) is 0 Å². The fourth-order valence-electron chi connectivity index (χ4n) is 1.49. The van der Waals surface area contributed by atoms with Crippen LogP contribution >= 0.6 is 0 Å². The Hall–Kier alpha value is -1.24. The number of allylic oxidation sites excluding steroid dienone is 1. The summed E-state index contributed by atoms with van der Waals surface area (Å²) in [7, 11) is 2.10. The van der Waals surface area contributed by atoms with E-state index in [0.717, 1.165) is 19.4 Å². The van der Waals surface area contributed by atoms with Crippen LogP contribution in [0.3, 0.4) is 0 Å². The van der Waals surface area contributed by atoms with Crippen LogP contribution in [-0.2, 0) is 6.42 Å². The molecule has 0 aliphatic rings. The van der Waals surface area contributed by atoms with Crippen LogP contribution in [0.5, 0.6) is 0 Å². The largest absolute Gasteiger partial charge is 0.381 e. The molecule has 15 heavy (non-hydrogen) atoms. The molecule has 0 fully saturated rings. The van der Waals surface area contributed by atoms with E-state index in [-0.39, 0.29) is 0 Å². The Morgan fingerprint density at radius 3 is 2.67 bits per heavy atom. The van der Waals surface area contributed by atoms with E-state index >= 15 is 0 Å². The predicted molar refractivity (Wildman–Crippen MR) is 66.9 cm³/mol. The first kappa shape index (κ1) is 11.8. The van der Waals surface area contributed by atoms with Crippen molar-refractivity contribution in [2.24, 2.45) is 0 Å². The number of hydrogen-bond donors (Lipinski definition) is 0. The first-order valence-corrected chi connectivity index (χ1v) is 5.65. The van der Waals surface area contributed by atoms with Crippen molar-refractivity contribution >= 4 is 0 Å². The van der Waals surface area contributed by atoms with E-state index in [1.54, 1.807) is 0 Å². The van der Waals surface area contributed by atoms with E-state index in [2.05, 4.69) is 62.3 Å². The number of aryl methyl sites for hydroxylation is 2. The molecule has 1 nitrogen and oxygen atoms in total. The molecule has 0 N–H and O–H groups in total. The maximum Gasteiger partial charge on any atom is 0.0140 e. The molecular weight excluding hydrogens is 182 g/mol. The topological polar surface area (TPSA) is 3.24 Å². The molecule has 0 unspecified atom stereocenters. The summed E-state index contributed by atoms with van der Waals surface area (Å²) < 4.78 is 0. The minimum Gasteiger partial charge on any atom is -0.381 e. The van der Waals surface area contributed by atoms with Gasteiger partial charge < -0.3 is 4.90 Å². The number of hydrogen-bond acceptors (Lipinski definition) is 1. The first-order chi connectivity index (χ1) is 7.24. The second-order valence-electron chi connectivity index (χ2n) is 3.92. The Bertz CT molecular complexity index is 315. The summed E-state index contributed by atoms with van der Waals surface area (Å²) in [5, 5.41) is 0. The molecule has 1 heteroatoms. The molecule has 0 bridgehead atoms. The highest BCUT2D eigenvalue weighted by atomic mass is 15.1. The van der Waals surface area contributed by atoms with Crippen molar-refractivity contribution in [3.05, 3.63) is 47.7 Å². The minimum atomic E-state index is 1.07. The Kier molecular flexibility index (Phi) is 4.96. The lowest BCUT2D eigenvalue weighted by atomic mass is 10.0. The molecule has 0 aromatic heterocycles. The summed E-state index contributed by atoms with van der Waals surface area (Å²) in [4.78, 5) is 2.19. The van der Waals surface area contributed by atoms with Gasteiger partial charge in [0.15, 0.2) is 0 Å². The molecule has 0 aliphatic carbocycles. The standard InChI is InChI=1S/C14H21N/c1-4-15(3)12-8-7-11-14-10-6-5-9-13(14)2/h5-6,8-10,12H,4,7,11H2,1-3H3/b12-8+. The van der Waals surface area contributed by atoms with Crippen LogP contribution in [0.15, 0.2) is 36.5 Å². The van der Waals surface area contributed by atoms with Gasteiger partial charge in [-0.15, -0.1) is 0 Å². The molecule has 0 saturated heterocycles. The average Bonchev–Trinajstić information content (AvgIpc) is 2.26. The molecule has 1 aromatic carbocycles. The molecule has 0 heterocycles. The summed E-state index contributed by atoms with van der Waals surface area (Å²) >= 11 is 0. The van der Waals surface area contributed by atoms with Crippen LogP contribution in [0.25, 0.3) is 0 Å². The van der Waals surface area contributed by atoms with Crippen LogP contribution in [-0.4, -0.2) is 18.5 Å². The van der Waals surface area contributed by atoms with Crippen molar-refractivity contribution in [2.45, 2.75) is 26.7 Å². The third-order valence-corrected chi connectivity index (χ3v) is 2.70. The van der Waals surface area contributed by atoms with E-state index in [1.807, 2.05) is 0 Å². The highest BCUT2D eigenvalue weighted by molar-refractivity contribution is 5.25. The Labute approximate surface area is 93.4 Å². The van der Waals surface area contributed by atoms with Gasteiger partial charge in [-0.2, -0.15) is 0 Å². The van der Waals surface area contributed by atoms with Crippen molar-refractivity contribution < 1.29 is 0 Å². The average molecular weight is 203 g/mol. The maximum absolute atomic E-state index is 2.25. The zero-order valence-corrected chi connectivity index (χ0v) is 10.0. The smallest absolute Gasteiger partial charge is 0.0140 e. The molecule has 82 valence electrons. The van der Waals surface area contributed by atoms with Gasteiger partial charge >= 0.3 is 0 Å². The molecule has 0 aliphatic heterocycles. The van der Waals surface area contributed by atoms with Gasteiger partial charge in [-0.25, -0.2) is 0 Å². The number of nitrogens with zero attached hydrogens (tertiary/aromatic N) is 1. The molecule has 0 spiro atoms. The van der Waals surface area contributed by atoms with Crippen LogP contribution in [0.4, 0.5) is 0 Å². The van der Waals surface area contributed by atoms with Gasteiger partial charge in [-0.3, -0.25) is 0 Å². The molecule has 0 atom stereocenters. The van der Waals surface area contributed by atoms with Gasteiger partial charge in [0.1, 0.15) is 0 Å². The first-order valence-electron chi connectivity index (χ1n) is 5.65. The molecule has 0 saturated carbocycles. The molecule has 0 amide bonds. The van der Waals surface area contributed by atoms with Gasteiger partial charge in [-0.1, -0.05) is 30.3 Å². The van der Waals surface area contributed by atoms with Crippen LogP contribution in [0, 0.1) is 6.92 Å². The fraction of sp³-hybridized carbons (Fsp3) is 0.429. The normalized spacial score (nSPS) is 10.9.